The predicted molar refractivity (Wildman–Crippen MR) is 73.8 cm³/mol. The van der Waals surface area contributed by atoms with Crippen LogP contribution in [0.5, 0.6) is 0 Å². The molecule has 2 rings (SSSR count). The number of carbonyl (C=O) groups excluding carboxylic acids is 1. The molecule has 0 radical (unpaired) electrons. The minimum atomic E-state index is 0.0352. The molecule has 2 aromatic rings. The van der Waals surface area contributed by atoms with Crippen molar-refractivity contribution in [3.8, 4) is 0 Å². The largest absolute Gasteiger partial charge is 0.302 e. The summed E-state index contributed by atoms with van der Waals surface area (Å²) in [5, 5.41) is 0. The zero-order chi connectivity index (χ0) is 13.5. The van der Waals surface area contributed by atoms with Crippen LogP contribution in [0.15, 0.2) is 48.9 Å². The first-order valence-corrected chi connectivity index (χ1v) is 6.27. The van der Waals surface area contributed by atoms with Gasteiger partial charge in [-0.05, 0) is 12.6 Å². The Hall–Kier alpha value is -2.07. The number of nitrogens with zero attached hydrogens (tertiary/aromatic N) is 3. The highest BCUT2D eigenvalue weighted by Crippen LogP contribution is 2.04. The molecule has 98 valence electrons. The Morgan fingerprint density at radius 1 is 1.21 bits per heavy atom. The van der Waals surface area contributed by atoms with E-state index in [0.29, 0.717) is 18.7 Å². The van der Waals surface area contributed by atoms with Crippen LogP contribution in [0, 0.1) is 0 Å². The van der Waals surface area contributed by atoms with Gasteiger partial charge in [-0.3, -0.25) is 9.78 Å². The summed E-state index contributed by atoms with van der Waals surface area (Å²) >= 11 is 0. The second-order valence-electron chi connectivity index (χ2n) is 4.49. The lowest BCUT2D eigenvalue weighted by atomic mass is 10.2. The second kappa shape index (κ2) is 6.75. The Balaban J connectivity index is 1.81. The van der Waals surface area contributed by atoms with Gasteiger partial charge in [0.25, 0.3) is 0 Å². The molecule has 0 saturated carbocycles. The molecule has 0 bridgehead atoms. The van der Waals surface area contributed by atoms with Gasteiger partial charge in [0, 0.05) is 31.9 Å². The van der Waals surface area contributed by atoms with Gasteiger partial charge in [-0.1, -0.05) is 30.3 Å². The summed E-state index contributed by atoms with van der Waals surface area (Å²) in [6.07, 6.45) is 5.08. The van der Waals surface area contributed by atoms with E-state index in [1.807, 2.05) is 25.2 Å². The standard InChI is InChI=1S/C15H17N3O/c1-18(12-13-5-3-2-4-6-13)10-7-15(19)14-11-16-8-9-17-14/h2-6,8-9,11H,7,10,12H2,1H3. The van der Waals surface area contributed by atoms with Crippen LogP contribution in [-0.2, 0) is 6.54 Å². The maximum absolute atomic E-state index is 11.9. The highest BCUT2D eigenvalue weighted by atomic mass is 16.1. The smallest absolute Gasteiger partial charge is 0.184 e. The fourth-order valence-corrected chi connectivity index (χ4v) is 1.84. The maximum atomic E-state index is 11.9. The SMILES string of the molecule is CN(CCC(=O)c1cnccn1)Cc1ccccc1. The van der Waals surface area contributed by atoms with E-state index in [9.17, 15) is 4.79 Å². The minimum absolute atomic E-state index is 0.0352. The molecule has 0 spiro atoms. The van der Waals surface area contributed by atoms with E-state index in [0.717, 1.165) is 6.54 Å². The van der Waals surface area contributed by atoms with E-state index in [4.69, 9.17) is 0 Å². The Morgan fingerprint density at radius 2 is 2.00 bits per heavy atom. The number of hydrogen-bond donors (Lipinski definition) is 0. The molecule has 19 heavy (non-hydrogen) atoms. The number of carbonyl (C=O) groups is 1. The minimum Gasteiger partial charge on any atom is -0.302 e. The third-order valence-corrected chi connectivity index (χ3v) is 2.86. The summed E-state index contributed by atoms with van der Waals surface area (Å²) in [7, 11) is 2.01. The Kier molecular flexibility index (Phi) is 4.75. The third-order valence-electron chi connectivity index (χ3n) is 2.86. The summed E-state index contributed by atoms with van der Waals surface area (Å²) in [5.74, 6) is 0.0352. The summed E-state index contributed by atoms with van der Waals surface area (Å²) in [4.78, 5) is 21.9. The van der Waals surface area contributed by atoms with Gasteiger partial charge >= 0.3 is 0 Å². The molecule has 4 nitrogen and oxygen atoms in total. The number of Topliss-reactive ketones (excluding diaryl/α,β-unsaturated/α-hetero) is 1. The van der Waals surface area contributed by atoms with Gasteiger partial charge in [-0.25, -0.2) is 4.98 Å². The number of hydrogen-bond acceptors (Lipinski definition) is 4. The highest BCUT2D eigenvalue weighted by Gasteiger charge is 2.08. The quantitative estimate of drug-likeness (QED) is 0.742. The molecule has 0 atom stereocenters. The lowest BCUT2D eigenvalue weighted by Crippen LogP contribution is -2.21. The molecular weight excluding hydrogens is 238 g/mol. The van der Waals surface area contributed by atoms with Crippen LogP contribution < -0.4 is 0 Å². The van der Waals surface area contributed by atoms with Gasteiger partial charge in [0.1, 0.15) is 5.69 Å². The lowest BCUT2D eigenvalue weighted by Gasteiger charge is -2.15. The molecule has 1 aromatic carbocycles. The van der Waals surface area contributed by atoms with Crippen molar-refractivity contribution < 1.29 is 4.79 Å². The van der Waals surface area contributed by atoms with Crippen LogP contribution in [0.1, 0.15) is 22.5 Å². The monoisotopic (exact) mass is 255 g/mol. The van der Waals surface area contributed by atoms with Gasteiger partial charge < -0.3 is 4.90 Å². The first-order chi connectivity index (χ1) is 9.25. The Bertz CT molecular complexity index is 513. The predicted octanol–water partition coefficient (Wildman–Crippen LogP) is 2.18. The van der Waals surface area contributed by atoms with Crippen molar-refractivity contribution in [1.29, 1.82) is 0 Å². The van der Waals surface area contributed by atoms with Crippen LogP contribution in [0.2, 0.25) is 0 Å². The summed E-state index contributed by atoms with van der Waals surface area (Å²) in [5.41, 5.74) is 1.69. The van der Waals surface area contributed by atoms with Crippen molar-refractivity contribution in [2.75, 3.05) is 13.6 Å². The zero-order valence-corrected chi connectivity index (χ0v) is 11.0. The molecule has 0 saturated heterocycles. The summed E-state index contributed by atoms with van der Waals surface area (Å²) < 4.78 is 0. The van der Waals surface area contributed by atoms with Crippen LogP contribution in [-0.4, -0.2) is 34.2 Å². The van der Waals surface area contributed by atoms with Crippen molar-refractivity contribution in [3.05, 3.63) is 60.2 Å². The van der Waals surface area contributed by atoms with Crippen molar-refractivity contribution in [3.63, 3.8) is 0 Å². The second-order valence-corrected chi connectivity index (χ2v) is 4.49. The molecule has 1 heterocycles. The van der Waals surface area contributed by atoms with Crippen molar-refractivity contribution in [2.24, 2.45) is 0 Å². The molecule has 0 aliphatic heterocycles. The fourth-order valence-electron chi connectivity index (χ4n) is 1.84. The molecular formula is C15H17N3O. The molecule has 0 amide bonds. The maximum Gasteiger partial charge on any atom is 0.184 e. The molecule has 0 N–H and O–H groups in total. The van der Waals surface area contributed by atoms with Gasteiger partial charge in [-0.15, -0.1) is 0 Å². The van der Waals surface area contributed by atoms with Crippen molar-refractivity contribution in [1.82, 2.24) is 14.9 Å². The van der Waals surface area contributed by atoms with Crippen LogP contribution >= 0.6 is 0 Å². The molecule has 0 fully saturated rings. The molecule has 4 heteroatoms. The Labute approximate surface area is 113 Å². The van der Waals surface area contributed by atoms with Crippen molar-refractivity contribution in [2.45, 2.75) is 13.0 Å². The van der Waals surface area contributed by atoms with Gasteiger partial charge in [0.2, 0.25) is 0 Å². The van der Waals surface area contributed by atoms with Gasteiger partial charge in [0.15, 0.2) is 5.78 Å². The number of benzene rings is 1. The van der Waals surface area contributed by atoms with Crippen LogP contribution in [0.3, 0.4) is 0 Å². The molecule has 0 aliphatic rings. The van der Waals surface area contributed by atoms with Crippen LogP contribution in [0.4, 0.5) is 0 Å². The first-order valence-electron chi connectivity index (χ1n) is 6.27. The van der Waals surface area contributed by atoms with E-state index < -0.39 is 0 Å². The van der Waals surface area contributed by atoms with E-state index in [1.165, 1.54) is 11.8 Å². The van der Waals surface area contributed by atoms with Crippen molar-refractivity contribution >= 4 is 5.78 Å². The molecule has 1 aromatic heterocycles. The lowest BCUT2D eigenvalue weighted by molar-refractivity contribution is 0.0962. The normalized spacial score (nSPS) is 10.6. The topological polar surface area (TPSA) is 46.1 Å². The summed E-state index contributed by atoms with van der Waals surface area (Å²) in [6, 6.07) is 10.2. The highest BCUT2D eigenvalue weighted by molar-refractivity contribution is 5.93. The van der Waals surface area contributed by atoms with Gasteiger partial charge in [-0.2, -0.15) is 0 Å². The van der Waals surface area contributed by atoms with Crippen LogP contribution in [0.25, 0.3) is 0 Å². The number of aromatic nitrogens is 2. The van der Waals surface area contributed by atoms with E-state index >= 15 is 0 Å². The summed E-state index contributed by atoms with van der Waals surface area (Å²) in [6.45, 7) is 1.55. The number of ketones is 1. The first kappa shape index (κ1) is 13.4. The third kappa shape index (κ3) is 4.26. The van der Waals surface area contributed by atoms with Gasteiger partial charge in [0.05, 0.1) is 6.20 Å². The molecule has 0 unspecified atom stereocenters. The molecule has 0 aliphatic carbocycles. The van der Waals surface area contributed by atoms with E-state index in [-0.39, 0.29) is 5.78 Å². The fraction of sp³-hybridized carbons (Fsp3) is 0.267. The average Bonchev–Trinajstić information content (AvgIpc) is 2.47. The van der Waals surface area contributed by atoms with E-state index in [2.05, 4.69) is 27.0 Å². The Morgan fingerprint density at radius 3 is 2.68 bits per heavy atom. The zero-order valence-electron chi connectivity index (χ0n) is 11.0. The number of rotatable bonds is 6. The average molecular weight is 255 g/mol. The van der Waals surface area contributed by atoms with E-state index in [1.54, 1.807) is 12.4 Å².